The predicted octanol–water partition coefficient (Wildman–Crippen LogP) is 28.6. The summed E-state index contributed by atoms with van der Waals surface area (Å²) in [6.07, 6.45) is 33.3. The Labute approximate surface area is 845 Å². The van der Waals surface area contributed by atoms with Gasteiger partial charge in [-0.1, -0.05) is 132 Å². The van der Waals surface area contributed by atoms with E-state index in [1.807, 2.05) is 93.6 Å². The SMILES string of the molecule is C.CC(=O)OC(C)=O.CC(=O)Oc1ccc(SC2C=C3[C@@](C)(CC[C@@]4(C)[C@@H]5C[C@](C)(C#N)CC[C@]5(C)CC[C@]34C)c3cc(OC(C)=O)c(OC(C)=O)c(C)c32)cc1.CC1=C(O)C(=O)C=C2C1=CC=C1[C@@]2(C)CC[C@@]2(C)[C@@H]3C[C@](C)(C#N)CC[C@]3(C)CC[C@]12C.CO.Cc1c(O)c(O)cc2c1C(Sc1ccc(O)cc1)C=C1[C@@]2(C)CC[C@@]2(C)[C@@H]3C[C@](C)(C#N)CC[C@]3(C)CC[C@]12C.Sc1ccc(S)cc1. The van der Waals surface area contributed by atoms with E-state index in [-0.39, 0.29) is 140 Å². The van der Waals surface area contributed by atoms with Crippen LogP contribution in [-0.4, -0.2) is 68.3 Å². The quantitative estimate of drug-likeness (QED) is 0.0199. The van der Waals surface area contributed by atoms with Crippen LogP contribution in [0.2, 0.25) is 0 Å². The average Bonchev–Trinajstić information content (AvgIpc) is 0.682. The molecule has 746 valence electrons. The number of fused-ring (bicyclic) bond motifs is 21. The van der Waals surface area contributed by atoms with E-state index < -0.39 is 23.9 Å². The maximum Gasteiger partial charge on any atom is 0.310 e. The number of carbonyl (C=O) groups is 6. The van der Waals surface area contributed by atoms with Crippen molar-refractivity contribution in [2.75, 3.05) is 7.11 Å². The van der Waals surface area contributed by atoms with Crippen molar-refractivity contribution in [2.45, 2.75) is 342 Å². The van der Waals surface area contributed by atoms with Gasteiger partial charge in [-0.05, 0) is 373 Å². The molecule has 139 heavy (non-hydrogen) atoms. The van der Waals surface area contributed by atoms with Crippen molar-refractivity contribution in [3.05, 3.63) is 188 Å². The highest BCUT2D eigenvalue weighted by Gasteiger charge is 2.71. The van der Waals surface area contributed by atoms with Gasteiger partial charge >= 0.3 is 29.8 Å². The van der Waals surface area contributed by atoms with Gasteiger partial charge in [-0.2, -0.15) is 15.8 Å². The molecule has 5 N–H and O–H groups in total. The minimum atomic E-state index is -0.562. The van der Waals surface area contributed by atoms with E-state index >= 15 is 0 Å². The van der Waals surface area contributed by atoms with Crippen molar-refractivity contribution in [3.8, 4) is 52.7 Å². The van der Waals surface area contributed by atoms with Gasteiger partial charge in [-0.25, -0.2) is 0 Å². The number of phenols is 3. The number of carbonyl (C=O) groups excluding carboxylic acids is 6. The predicted molar refractivity (Wildman–Crippen MR) is 555 cm³/mol. The second-order valence-corrected chi connectivity index (χ2v) is 49.7. The lowest BCUT2D eigenvalue weighted by molar-refractivity contribution is -0.156. The van der Waals surface area contributed by atoms with Crippen LogP contribution < -0.4 is 14.2 Å². The topological polar surface area (TPSA) is 312 Å². The van der Waals surface area contributed by atoms with E-state index in [1.165, 1.54) is 64.2 Å². The van der Waals surface area contributed by atoms with Gasteiger partial charge in [0.05, 0.1) is 45.0 Å². The van der Waals surface area contributed by atoms with Crippen LogP contribution in [0, 0.1) is 136 Å². The number of aliphatic hydroxyl groups excluding tert-OH is 2. The smallest absolute Gasteiger partial charge is 0.310 e. The molecule has 9 saturated carbocycles. The number of aliphatic hydroxyl groups is 2. The first-order chi connectivity index (χ1) is 64.3. The number of nitriles is 3. The van der Waals surface area contributed by atoms with Crippen LogP contribution in [0.15, 0.2) is 174 Å². The van der Waals surface area contributed by atoms with Gasteiger partial charge < -0.3 is 44.5 Å². The highest BCUT2D eigenvalue weighted by Crippen LogP contribution is 2.80. The number of aromatic hydroxyl groups is 3. The molecule has 5 aromatic carbocycles. The molecule has 0 aliphatic heterocycles. The average molecular weight is 1970 g/mol. The number of thiol groups is 2. The van der Waals surface area contributed by atoms with E-state index in [0.29, 0.717) is 34.5 Å². The number of esters is 5. The minimum absolute atomic E-state index is 0. The monoisotopic (exact) mass is 1960 g/mol. The fraction of sp³-hybridized carbons (Fsp3) is 0.564. The summed E-state index contributed by atoms with van der Waals surface area (Å²) in [5, 5.41) is 79.1. The van der Waals surface area contributed by atoms with Crippen LogP contribution in [0.4, 0.5) is 0 Å². The zero-order valence-electron chi connectivity index (χ0n) is 85.6. The molecule has 0 radical (unpaired) electrons. The van der Waals surface area contributed by atoms with Gasteiger partial charge in [-0.15, -0.1) is 48.8 Å². The van der Waals surface area contributed by atoms with Crippen LogP contribution in [-0.2, 0) is 44.3 Å². The standard InChI is InChI=1S/C41H49NO6S.C35H43NO3S.C29H37NO2.C6H6S2.C4H6O3.CH4O.CH4/c1-24-35-30(20-31(47-26(3)44)36(24)48-27(4)45)39(7)17-19-41(9)34-22-37(5,23-42)14-15-38(34,6)16-18-40(41,8)33(39)21-32(35)49-29-12-10-28(11-13-29)46-25(2)43;1-21-29-24(17-25(38)30(21)39)33(4)14-16-35(6)28-19-31(2,20-36)11-12-32(28,3)13-15-34(35,5)27(33)18-26(29)40-23-9-7-22(37)8-10-23;1-18-19-7-8-22-27(4,20(19)15-21(31)24(18)32)12-14-29(6)23-16-25(2,17-30)9-10-26(23,3)11-13-28(22,29)5;7-5-1-2-6(8)4-3-5;1-3(5)7-4(2)6;1-2;/h10-13,20-21,32,34H,14-19,22H2,1-9H3;7-10,17-18,26,28,37-39H,11-16,19H2,1-6H3;7-8,15,23,32H,9-14,16H2,1-6H3;1-4,7-8H;1-2H3;2H,1H3;1H4/t32?,34-,37-,38-,39+,40-,41+;26?,28-,31-,32-,33+,34-,35+;23-,25-,26-,27+,28-,29+;;;;/m111..../s1. The summed E-state index contributed by atoms with van der Waals surface area (Å²) in [4.78, 5) is 72.5. The summed E-state index contributed by atoms with van der Waals surface area (Å²) in [5.41, 5.74) is 12.3. The van der Waals surface area contributed by atoms with Gasteiger partial charge in [-0.3, -0.25) is 28.8 Å². The molecule has 18 nitrogen and oxygen atoms in total. The highest BCUT2D eigenvalue weighted by atomic mass is 32.2. The van der Waals surface area contributed by atoms with Gasteiger partial charge in [0.2, 0.25) is 5.78 Å². The van der Waals surface area contributed by atoms with E-state index in [9.17, 15) is 65.0 Å². The van der Waals surface area contributed by atoms with Crippen LogP contribution in [0.25, 0.3) is 0 Å². The molecule has 0 aromatic heterocycles. The summed E-state index contributed by atoms with van der Waals surface area (Å²) in [7, 11) is 1.00. The molecule has 0 amide bonds. The summed E-state index contributed by atoms with van der Waals surface area (Å²) in [6.45, 7) is 48.2. The second kappa shape index (κ2) is 39.1. The van der Waals surface area contributed by atoms with Gasteiger partial charge in [0.15, 0.2) is 28.8 Å². The van der Waals surface area contributed by atoms with Gasteiger partial charge in [0.1, 0.15) is 11.5 Å². The molecule has 0 saturated heterocycles. The molecule has 9 fully saturated rings. The van der Waals surface area contributed by atoms with Crippen molar-refractivity contribution in [1.82, 2.24) is 0 Å². The number of allylic oxidation sites excluding steroid dienone is 9. The number of benzene rings is 5. The van der Waals surface area contributed by atoms with Crippen molar-refractivity contribution in [3.63, 3.8) is 0 Å². The van der Waals surface area contributed by atoms with E-state index in [0.717, 1.165) is 193 Å². The first-order valence-electron chi connectivity index (χ1n) is 49.3. The molecule has 13 aliphatic carbocycles. The first-order valence-corrected chi connectivity index (χ1v) is 51.9. The van der Waals surface area contributed by atoms with Crippen molar-refractivity contribution in [2.24, 2.45) is 88.1 Å². The molecule has 20 atom stereocenters. The zero-order valence-corrected chi connectivity index (χ0v) is 89.0. The third-order valence-electron chi connectivity index (χ3n) is 37.9. The Morgan fingerprint density at radius 2 is 0.799 bits per heavy atom. The number of rotatable bonds is 7. The Balaban J connectivity index is 0.000000174. The van der Waals surface area contributed by atoms with E-state index in [1.54, 1.807) is 41.7 Å². The number of hydrogen-bond acceptors (Lipinski definition) is 22. The lowest BCUT2D eigenvalue weighted by atomic mass is 9.34. The molecule has 2 unspecified atom stereocenters. The summed E-state index contributed by atoms with van der Waals surface area (Å²) < 4.78 is 20.8. The molecule has 0 bridgehead atoms. The Morgan fingerprint density at radius 3 is 1.18 bits per heavy atom. The molecule has 18 rings (SSSR count). The molecule has 5 aromatic rings. The van der Waals surface area contributed by atoms with Crippen molar-refractivity contribution >= 4 is 84.4 Å². The van der Waals surface area contributed by atoms with Gasteiger partial charge in [0, 0.05) is 88.7 Å². The van der Waals surface area contributed by atoms with Gasteiger partial charge in [0.25, 0.3) is 0 Å². The van der Waals surface area contributed by atoms with Crippen LogP contribution >= 0.6 is 48.8 Å². The second-order valence-electron chi connectivity index (χ2n) is 46.3. The lowest BCUT2D eigenvalue weighted by Gasteiger charge is -2.70. The van der Waals surface area contributed by atoms with Crippen molar-refractivity contribution < 1.29 is 73.2 Å². The maximum absolute atomic E-state index is 12.6. The number of hydrogen-bond donors (Lipinski definition) is 7. The number of nitrogens with zero attached hydrogens (tertiary/aromatic N) is 3. The van der Waals surface area contributed by atoms with Crippen molar-refractivity contribution in [1.29, 1.82) is 15.8 Å². The van der Waals surface area contributed by atoms with Crippen LogP contribution in [0.1, 0.15) is 332 Å². The fourth-order valence-electron chi connectivity index (χ4n) is 29.0. The lowest BCUT2D eigenvalue weighted by Crippen LogP contribution is -2.62. The molecule has 22 heteroatoms. The summed E-state index contributed by atoms with van der Waals surface area (Å²) >= 11 is 11.6. The number of ether oxygens (including phenoxy) is 4. The third-order valence-corrected chi connectivity index (χ3v) is 40.8. The number of thioether (sulfide) groups is 2. The summed E-state index contributed by atoms with van der Waals surface area (Å²) in [5.74, 6) is -0.216. The van der Waals surface area contributed by atoms with Crippen LogP contribution in [0.5, 0.6) is 34.5 Å². The number of phenolic OH excluding ortho intramolecular Hbond substituents is 3. The molecule has 0 heterocycles. The third kappa shape index (κ3) is 19.0. The molecule has 13 aliphatic rings. The normalized spacial score (nSPS) is 35.6. The largest absolute Gasteiger partial charge is 0.508 e. The number of ketones is 1. The molecule has 0 spiro atoms. The zero-order chi connectivity index (χ0) is 102. The van der Waals surface area contributed by atoms with Crippen LogP contribution in [0.3, 0.4) is 0 Å². The highest BCUT2D eigenvalue weighted by molar-refractivity contribution is 8.00. The maximum atomic E-state index is 12.6. The minimum Gasteiger partial charge on any atom is -0.508 e. The Morgan fingerprint density at radius 1 is 0.432 bits per heavy atom. The molecular weight excluding hydrogens is 1820 g/mol. The first kappa shape index (κ1) is 109. The van der Waals surface area contributed by atoms with E-state index in [4.69, 9.17) is 19.3 Å². The van der Waals surface area contributed by atoms with E-state index in [2.05, 4.69) is 176 Å². The Hall–Kier alpha value is -9.21. The Kier molecular flexibility index (Phi) is 30.6. The summed E-state index contributed by atoms with van der Waals surface area (Å²) in [6, 6.07) is 34.4. The Bertz CT molecular complexity index is 6040. The fourth-order valence-corrected chi connectivity index (χ4v) is 31.8. The molecular formula is C117H149N3O15S4.